The maximum absolute atomic E-state index is 14.5. The summed E-state index contributed by atoms with van der Waals surface area (Å²) in [4.78, 5) is 81.1. The number of fused-ring (bicyclic) bond motifs is 1. The van der Waals surface area contributed by atoms with Gasteiger partial charge in [-0.2, -0.15) is 0 Å². The van der Waals surface area contributed by atoms with Crippen molar-refractivity contribution < 1.29 is 43.0 Å². The van der Waals surface area contributed by atoms with Crippen LogP contribution in [0.3, 0.4) is 0 Å². The van der Waals surface area contributed by atoms with E-state index in [4.69, 9.17) is 14.2 Å². The lowest BCUT2D eigenvalue weighted by Gasteiger charge is -2.31. The highest BCUT2D eigenvalue weighted by molar-refractivity contribution is 6.11. The predicted molar refractivity (Wildman–Crippen MR) is 205 cm³/mol. The largest absolute Gasteiger partial charge is 0.466 e. The first-order chi connectivity index (χ1) is 25.4. The van der Waals surface area contributed by atoms with Gasteiger partial charge in [0, 0.05) is 44.4 Å². The number of unbranched alkanes of at least 4 members (excludes halogenated alkanes) is 3. The molecule has 1 aliphatic heterocycles. The Morgan fingerprint density at radius 2 is 1.43 bits per heavy atom. The molecule has 5 amide bonds. The van der Waals surface area contributed by atoms with Gasteiger partial charge in [-0.25, -0.2) is 9.59 Å². The topological polar surface area (TPSA) is 173 Å². The van der Waals surface area contributed by atoms with Crippen LogP contribution in [0.1, 0.15) is 115 Å². The molecule has 1 atom stereocenters. The number of amides is 5. The van der Waals surface area contributed by atoms with Crippen LogP contribution in [0.4, 0.5) is 21.0 Å². The van der Waals surface area contributed by atoms with Crippen LogP contribution < -0.4 is 20.9 Å². The normalized spacial score (nSPS) is 14.5. The van der Waals surface area contributed by atoms with Gasteiger partial charge in [-0.15, -0.1) is 0 Å². The van der Waals surface area contributed by atoms with E-state index < -0.39 is 53.1 Å². The zero-order chi connectivity index (χ0) is 40.1. The first kappa shape index (κ1) is 43.3. The van der Waals surface area contributed by atoms with Gasteiger partial charge in [0.15, 0.2) is 0 Å². The molecule has 3 N–H and O–H groups in total. The Bertz CT molecular complexity index is 1650. The molecule has 0 saturated carbocycles. The fourth-order valence-corrected chi connectivity index (χ4v) is 5.85. The molecule has 1 heterocycles. The third kappa shape index (κ3) is 13.7. The van der Waals surface area contributed by atoms with Crippen molar-refractivity contribution in [2.24, 2.45) is 0 Å². The average molecular weight is 752 g/mol. The number of likely N-dealkylation sites (N-methyl/N-ethyl adjacent to an activating group) is 1. The Morgan fingerprint density at radius 1 is 0.796 bits per heavy atom. The summed E-state index contributed by atoms with van der Waals surface area (Å²) in [6.07, 6.45) is 2.86. The molecule has 0 spiro atoms. The molecule has 0 radical (unpaired) electrons. The maximum atomic E-state index is 14.5. The summed E-state index contributed by atoms with van der Waals surface area (Å²) in [5.41, 5.74) is 1.12. The van der Waals surface area contributed by atoms with Crippen LogP contribution in [-0.4, -0.2) is 85.3 Å². The number of hydrogen-bond acceptors (Lipinski definition) is 9. The minimum absolute atomic E-state index is 0.0150. The van der Waals surface area contributed by atoms with Gasteiger partial charge in [0.05, 0.1) is 24.3 Å². The van der Waals surface area contributed by atoms with Crippen molar-refractivity contribution in [1.82, 2.24) is 15.5 Å². The second-order valence-electron chi connectivity index (χ2n) is 15.1. The summed E-state index contributed by atoms with van der Waals surface area (Å²) in [6.45, 7) is 13.0. The number of rotatable bonds is 16. The summed E-state index contributed by atoms with van der Waals surface area (Å²) < 4.78 is 15.6. The van der Waals surface area contributed by atoms with Crippen molar-refractivity contribution in [3.8, 4) is 0 Å². The fraction of sp³-hybridized carbons (Fsp3) is 0.550. The smallest absolute Gasteiger partial charge is 0.407 e. The molecule has 1 aliphatic rings. The second kappa shape index (κ2) is 19.8. The molecular weight excluding hydrogens is 694 g/mol. The molecule has 14 nitrogen and oxygen atoms in total. The average Bonchev–Trinajstić information content (AvgIpc) is 3.14. The predicted octanol–water partition coefficient (Wildman–Crippen LogP) is 6.28. The van der Waals surface area contributed by atoms with Gasteiger partial charge < -0.3 is 40.0 Å². The Labute approximate surface area is 318 Å². The molecule has 3 rings (SSSR count). The second-order valence-corrected chi connectivity index (χ2v) is 15.1. The Kier molecular flexibility index (Phi) is 15.9. The van der Waals surface area contributed by atoms with Crippen molar-refractivity contribution in [3.63, 3.8) is 0 Å². The highest BCUT2D eigenvalue weighted by atomic mass is 16.6. The van der Waals surface area contributed by atoms with Crippen LogP contribution >= 0.6 is 0 Å². The van der Waals surface area contributed by atoms with Gasteiger partial charge in [-0.3, -0.25) is 19.2 Å². The van der Waals surface area contributed by atoms with Gasteiger partial charge in [0.25, 0.3) is 11.8 Å². The van der Waals surface area contributed by atoms with Crippen LogP contribution in [0.2, 0.25) is 0 Å². The van der Waals surface area contributed by atoms with Crippen molar-refractivity contribution in [3.05, 3.63) is 59.2 Å². The van der Waals surface area contributed by atoms with Crippen LogP contribution in [-0.2, 0) is 35.0 Å². The van der Waals surface area contributed by atoms with Crippen molar-refractivity contribution in [2.45, 2.75) is 111 Å². The Balaban J connectivity index is 1.79. The summed E-state index contributed by atoms with van der Waals surface area (Å²) in [5.74, 6) is -1.80. The standard InChI is InChI=1S/C40H57N5O9/c1-9-52-33(47)22-25-45-34(28-17-13-14-18-30(28)43-32(46)21-24-42-38(51)54-40(5,6)7)36(49)44(8)31-20-19-27(26-29(31)35(45)48)16-12-10-11-15-23-41-37(50)53-39(2,3)4/h13-14,17-20,26,34H,9-12,15-16,21-25H2,1-8H3,(H,41,50)(H,42,51)(H,43,46). The number of nitrogens with one attached hydrogen (secondary N) is 3. The molecule has 14 heteroatoms. The van der Waals surface area contributed by atoms with Crippen LogP contribution in [0.5, 0.6) is 0 Å². The van der Waals surface area contributed by atoms with Gasteiger partial charge in [0.1, 0.15) is 17.2 Å². The number of esters is 1. The zero-order valence-electron chi connectivity index (χ0n) is 33.0. The number of hydrogen-bond donors (Lipinski definition) is 3. The number of nitrogens with zero attached hydrogens (tertiary/aromatic N) is 2. The summed E-state index contributed by atoms with van der Waals surface area (Å²) in [5, 5.41) is 8.16. The van der Waals surface area contributed by atoms with Crippen molar-refractivity contribution >= 4 is 47.3 Å². The fourth-order valence-electron chi connectivity index (χ4n) is 5.85. The van der Waals surface area contributed by atoms with Gasteiger partial charge >= 0.3 is 18.2 Å². The number of aryl methyl sites for hydroxylation is 1. The van der Waals surface area contributed by atoms with Gasteiger partial charge in [-0.05, 0) is 91.5 Å². The third-order valence-corrected chi connectivity index (χ3v) is 8.26. The third-order valence-electron chi connectivity index (χ3n) is 8.26. The molecule has 0 aromatic heterocycles. The summed E-state index contributed by atoms with van der Waals surface area (Å²) in [6, 6.07) is 11.0. The van der Waals surface area contributed by atoms with E-state index in [1.54, 1.807) is 71.1 Å². The minimum atomic E-state index is -1.18. The molecule has 0 saturated heterocycles. The van der Waals surface area contributed by atoms with E-state index in [2.05, 4.69) is 16.0 Å². The number of carbonyl (C=O) groups is 6. The number of benzene rings is 2. The monoisotopic (exact) mass is 751 g/mol. The van der Waals surface area contributed by atoms with E-state index in [-0.39, 0.29) is 32.5 Å². The minimum Gasteiger partial charge on any atom is -0.466 e. The molecule has 54 heavy (non-hydrogen) atoms. The molecule has 296 valence electrons. The zero-order valence-corrected chi connectivity index (χ0v) is 33.0. The molecule has 0 aliphatic carbocycles. The van der Waals surface area contributed by atoms with Gasteiger partial charge in [0.2, 0.25) is 5.91 Å². The Morgan fingerprint density at radius 3 is 2.07 bits per heavy atom. The van der Waals surface area contributed by atoms with Crippen molar-refractivity contribution in [2.75, 3.05) is 43.5 Å². The lowest BCUT2D eigenvalue weighted by Crippen LogP contribution is -2.42. The molecule has 0 fully saturated rings. The van der Waals surface area contributed by atoms with Crippen LogP contribution in [0.25, 0.3) is 0 Å². The first-order valence-electron chi connectivity index (χ1n) is 18.6. The molecule has 1 unspecified atom stereocenters. The molecule has 0 bridgehead atoms. The summed E-state index contributed by atoms with van der Waals surface area (Å²) >= 11 is 0. The Hall–Kier alpha value is -5.14. The van der Waals surface area contributed by atoms with E-state index in [0.29, 0.717) is 35.5 Å². The van der Waals surface area contributed by atoms with E-state index >= 15 is 0 Å². The van der Waals surface area contributed by atoms with E-state index in [9.17, 15) is 28.8 Å². The SMILES string of the molecule is CCOC(=O)CCN1C(=O)c2cc(CCCCCCNC(=O)OC(C)(C)C)ccc2N(C)C(=O)C1c1ccccc1NC(=O)CCNC(=O)OC(C)(C)C. The number of para-hydroxylation sites is 1. The number of alkyl carbamates (subject to hydrolysis) is 2. The first-order valence-corrected chi connectivity index (χ1v) is 18.6. The van der Waals surface area contributed by atoms with Crippen LogP contribution in [0, 0.1) is 0 Å². The number of ether oxygens (including phenoxy) is 3. The van der Waals surface area contributed by atoms with Gasteiger partial charge in [-0.1, -0.05) is 37.1 Å². The highest BCUT2D eigenvalue weighted by Crippen LogP contribution is 2.37. The maximum Gasteiger partial charge on any atom is 0.407 e. The lowest BCUT2D eigenvalue weighted by atomic mass is 10.0. The highest BCUT2D eigenvalue weighted by Gasteiger charge is 2.40. The van der Waals surface area contributed by atoms with Crippen LogP contribution in [0.15, 0.2) is 42.5 Å². The van der Waals surface area contributed by atoms with E-state index in [1.807, 2.05) is 26.8 Å². The number of carbonyl (C=O) groups excluding carboxylic acids is 6. The van der Waals surface area contributed by atoms with Crippen molar-refractivity contribution in [1.29, 1.82) is 0 Å². The molecule has 2 aromatic carbocycles. The number of anilines is 2. The summed E-state index contributed by atoms with van der Waals surface area (Å²) in [7, 11) is 1.60. The van der Waals surface area contributed by atoms with E-state index in [1.165, 1.54) is 9.80 Å². The lowest BCUT2D eigenvalue weighted by molar-refractivity contribution is -0.143. The molecule has 2 aromatic rings. The molecular formula is C40H57N5O9. The van der Waals surface area contributed by atoms with E-state index in [0.717, 1.165) is 31.2 Å². The quantitative estimate of drug-likeness (QED) is 0.101.